The smallest absolute Gasteiger partial charge is 0.454 e. The summed E-state index contributed by atoms with van der Waals surface area (Å²) in [6, 6.07) is 14.6. The highest BCUT2D eigenvalue weighted by Crippen LogP contribution is 2.37. The number of methoxy groups -OCH3 is 1. The van der Waals surface area contributed by atoms with Crippen molar-refractivity contribution in [3.05, 3.63) is 48.0 Å². The van der Waals surface area contributed by atoms with Crippen LogP contribution in [0, 0.1) is 0 Å². The van der Waals surface area contributed by atoms with Crippen LogP contribution in [0.25, 0.3) is 11.1 Å². The van der Waals surface area contributed by atoms with Crippen molar-refractivity contribution in [2.24, 2.45) is 0 Å². The van der Waals surface area contributed by atoms with Crippen LogP contribution in [0.1, 0.15) is 37.2 Å². The van der Waals surface area contributed by atoms with Crippen LogP contribution in [-0.4, -0.2) is 32.0 Å². The highest BCUT2D eigenvalue weighted by Gasteiger charge is 2.29. The molecule has 136 valence electrons. The zero-order chi connectivity index (χ0) is 17.9. The molecule has 1 saturated carbocycles. The molecule has 0 bridgehead atoms. The molecule has 2 aromatic carbocycles. The van der Waals surface area contributed by atoms with Crippen molar-refractivity contribution >= 4 is 7.12 Å². The second kappa shape index (κ2) is 7.72. The van der Waals surface area contributed by atoms with E-state index in [0.717, 1.165) is 35.5 Å². The SMILES string of the molecule is COc1ccc(-c2cccc([C@H]3COB(O)C3)c2)cc1OC1CCCC1. The summed E-state index contributed by atoms with van der Waals surface area (Å²) in [5.41, 5.74) is 3.45. The lowest BCUT2D eigenvalue weighted by atomic mass is 9.79. The Labute approximate surface area is 155 Å². The minimum Gasteiger partial charge on any atom is -0.493 e. The van der Waals surface area contributed by atoms with E-state index >= 15 is 0 Å². The van der Waals surface area contributed by atoms with Gasteiger partial charge in [0.15, 0.2) is 11.5 Å². The Bertz CT molecular complexity index is 757. The summed E-state index contributed by atoms with van der Waals surface area (Å²) in [7, 11) is 1.04. The third-order valence-electron chi connectivity index (χ3n) is 5.43. The highest BCUT2D eigenvalue weighted by molar-refractivity contribution is 6.43. The zero-order valence-electron chi connectivity index (χ0n) is 15.2. The summed E-state index contributed by atoms with van der Waals surface area (Å²) in [5, 5.41) is 9.62. The van der Waals surface area contributed by atoms with Gasteiger partial charge in [-0.2, -0.15) is 0 Å². The summed E-state index contributed by atoms with van der Waals surface area (Å²) in [6.45, 7) is 0.573. The summed E-state index contributed by atoms with van der Waals surface area (Å²) >= 11 is 0. The number of hydrogen-bond acceptors (Lipinski definition) is 4. The van der Waals surface area contributed by atoms with Gasteiger partial charge in [-0.25, -0.2) is 0 Å². The minimum atomic E-state index is -0.643. The van der Waals surface area contributed by atoms with E-state index in [9.17, 15) is 5.02 Å². The Kier molecular flexibility index (Phi) is 5.18. The van der Waals surface area contributed by atoms with Gasteiger partial charge in [-0.1, -0.05) is 30.3 Å². The average Bonchev–Trinajstić information content (AvgIpc) is 3.33. The van der Waals surface area contributed by atoms with Gasteiger partial charge in [0.2, 0.25) is 0 Å². The normalized spacial score (nSPS) is 20.5. The zero-order valence-corrected chi connectivity index (χ0v) is 15.2. The maximum atomic E-state index is 9.62. The molecule has 0 spiro atoms. The Balaban J connectivity index is 1.60. The van der Waals surface area contributed by atoms with Crippen LogP contribution in [0.2, 0.25) is 6.32 Å². The van der Waals surface area contributed by atoms with E-state index in [1.54, 1.807) is 7.11 Å². The van der Waals surface area contributed by atoms with Gasteiger partial charge in [-0.15, -0.1) is 0 Å². The topological polar surface area (TPSA) is 47.9 Å². The predicted octanol–water partition coefficient (Wildman–Crippen LogP) is 4.28. The van der Waals surface area contributed by atoms with E-state index in [2.05, 4.69) is 36.4 Å². The number of benzene rings is 2. The molecule has 1 aliphatic carbocycles. The van der Waals surface area contributed by atoms with Crippen molar-refractivity contribution < 1.29 is 19.2 Å². The Morgan fingerprint density at radius 1 is 1.04 bits per heavy atom. The lowest BCUT2D eigenvalue weighted by Gasteiger charge is -2.17. The standard InChI is InChI=1S/C21H25BO4/c1-24-20-10-9-17(12-21(20)26-19-7-2-3-8-19)15-5-4-6-16(11-15)18-13-22(23)25-14-18/h4-6,9-12,18-19,23H,2-3,7-8,13-14H2,1H3/t18-/m1/s1. The summed E-state index contributed by atoms with van der Waals surface area (Å²) < 4.78 is 17.0. The Morgan fingerprint density at radius 2 is 1.85 bits per heavy atom. The lowest BCUT2D eigenvalue weighted by molar-refractivity contribution is 0.201. The van der Waals surface area contributed by atoms with Crippen LogP contribution in [0.5, 0.6) is 11.5 Å². The van der Waals surface area contributed by atoms with Crippen molar-refractivity contribution in [2.45, 2.75) is 44.0 Å². The number of rotatable bonds is 5. The molecule has 4 rings (SSSR count). The maximum absolute atomic E-state index is 9.62. The van der Waals surface area contributed by atoms with Gasteiger partial charge in [0.05, 0.1) is 13.2 Å². The fraction of sp³-hybridized carbons (Fsp3) is 0.429. The third-order valence-corrected chi connectivity index (χ3v) is 5.43. The molecule has 1 aliphatic heterocycles. The molecule has 5 heteroatoms. The molecular weight excluding hydrogens is 327 g/mol. The van der Waals surface area contributed by atoms with Crippen LogP contribution in [0.3, 0.4) is 0 Å². The first-order valence-corrected chi connectivity index (χ1v) is 9.47. The van der Waals surface area contributed by atoms with Crippen LogP contribution >= 0.6 is 0 Å². The third kappa shape index (κ3) is 3.74. The van der Waals surface area contributed by atoms with Gasteiger partial charge in [0, 0.05) is 12.5 Å². The van der Waals surface area contributed by atoms with Gasteiger partial charge in [-0.3, -0.25) is 0 Å². The molecule has 26 heavy (non-hydrogen) atoms. The van der Waals surface area contributed by atoms with E-state index in [4.69, 9.17) is 14.1 Å². The molecule has 0 radical (unpaired) electrons. The molecule has 1 N–H and O–H groups in total. The molecule has 1 atom stereocenters. The summed E-state index contributed by atoms with van der Waals surface area (Å²) in [5.74, 6) is 1.85. The molecule has 4 nitrogen and oxygen atoms in total. The van der Waals surface area contributed by atoms with Crippen LogP contribution < -0.4 is 9.47 Å². The second-order valence-corrected chi connectivity index (χ2v) is 7.24. The van der Waals surface area contributed by atoms with E-state index in [-0.39, 0.29) is 5.92 Å². The molecule has 0 amide bonds. The fourth-order valence-electron chi connectivity index (χ4n) is 3.95. The largest absolute Gasteiger partial charge is 0.493 e. The van der Waals surface area contributed by atoms with Crippen LogP contribution in [0.15, 0.2) is 42.5 Å². The maximum Gasteiger partial charge on any atom is 0.454 e. The van der Waals surface area contributed by atoms with E-state index in [1.807, 2.05) is 6.07 Å². The molecular formula is C21H25BO4. The van der Waals surface area contributed by atoms with Crippen molar-refractivity contribution in [3.8, 4) is 22.6 Å². The molecule has 2 aliphatic rings. The second-order valence-electron chi connectivity index (χ2n) is 7.24. The molecule has 1 saturated heterocycles. The number of ether oxygens (including phenoxy) is 2. The molecule has 2 fully saturated rings. The fourth-order valence-corrected chi connectivity index (χ4v) is 3.95. The minimum absolute atomic E-state index is 0.248. The van der Waals surface area contributed by atoms with Crippen molar-refractivity contribution in [1.82, 2.24) is 0 Å². The molecule has 0 aromatic heterocycles. The Morgan fingerprint density at radius 3 is 2.58 bits per heavy atom. The monoisotopic (exact) mass is 352 g/mol. The molecule has 1 heterocycles. The first kappa shape index (κ1) is 17.4. The Hall–Kier alpha value is -1.98. The quantitative estimate of drug-likeness (QED) is 0.816. The molecule has 2 aromatic rings. The highest BCUT2D eigenvalue weighted by atomic mass is 16.5. The first-order chi connectivity index (χ1) is 12.7. The van der Waals surface area contributed by atoms with Gasteiger partial charge < -0.3 is 19.2 Å². The van der Waals surface area contributed by atoms with Crippen molar-refractivity contribution in [2.75, 3.05) is 13.7 Å². The lowest BCUT2D eigenvalue weighted by Crippen LogP contribution is -2.11. The summed E-state index contributed by atoms with van der Waals surface area (Å²) in [6.07, 6.45) is 5.67. The van der Waals surface area contributed by atoms with Crippen LogP contribution in [-0.2, 0) is 4.65 Å². The summed E-state index contributed by atoms with van der Waals surface area (Å²) in [4.78, 5) is 0. The van der Waals surface area contributed by atoms with E-state index < -0.39 is 7.12 Å². The van der Waals surface area contributed by atoms with Gasteiger partial charge in [0.25, 0.3) is 0 Å². The number of hydrogen-bond donors (Lipinski definition) is 1. The van der Waals surface area contributed by atoms with Gasteiger partial charge >= 0.3 is 7.12 Å². The average molecular weight is 352 g/mol. The van der Waals surface area contributed by atoms with Crippen LogP contribution in [0.4, 0.5) is 0 Å². The molecule has 0 unspecified atom stereocenters. The van der Waals surface area contributed by atoms with Crippen molar-refractivity contribution in [3.63, 3.8) is 0 Å². The van der Waals surface area contributed by atoms with E-state index in [0.29, 0.717) is 19.0 Å². The predicted molar refractivity (Wildman–Crippen MR) is 103 cm³/mol. The first-order valence-electron chi connectivity index (χ1n) is 9.47. The van der Waals surface area contributed by atoms with Crippen molar-refractivity contribution in [1.29, 1.82) is 0 Å². The van der Waals surface area contributed by atoms with Gasteiger partial charge in [0.1, 0.15) is 0 Å². The van der Waals surface area contributed by atoms with Gasteiger partial charge in [-0.05, 0) is 60.8 Å². The van der Waals surface area contributed by atoms with E-state index in [1.165, 1.54) is 18.4 Å².